The van der Waals surface area contributed by atoms with Crippen LogP contribution in [-0.4, -0.2) is 24.4 Å². The lowest BCUT2D eigenvalue weighted by Gasteiger charge is -2.26. The number of hydrogen-bond acceptors (Lipinski definition) is 3. The lowest BCUT2D eigenvalue weighted by Crippen LogP contribution is -2.42. The molecule has 2 N–H and O–H groups in total. The summed E-state index contributed by atoms with van der Waals surface area (Å²) in [6.45, 7) is 11.4. The van der Waals surface area contributed by atoms with Crippen LogP contribution in [-0.2, 0) is 12.0 Å². The first-order valence-electron chi connectivity index (χ1n) is 6.73. The summed E-state index contributed by atoms with van der Waals surface area (Å²) in [7, 11) is 1.71. The molecule has 0 aromatic heterocycles. The lowest BCUT2D eigenvalue weighted by molar-refractivity contribution is 0.187. The Morgan fingerprint density at radius 2 is 1.79 bits per heavy atom. The molecule has 3 heteroatoms. The van der Waals surface area contributed by atoms with E-state index in [1.807, 2.05) is 19.9 Å². The largest absolute Gasteiger partial charge is 0.496 e. The van der Waals surface area contributed by atoms with E-state index in [4.69, 9.17) is 4.74 Å². The van der Waals surface area contributed by atoms with Crippen molar-refractivity contribution in [1.29, 1.82) is 0 Å². The molecular formula is C16H27NO2. The summed E-state index contributed by atoms with van der Waals surface area (Å²) in [5.74, 6) is 0.928. The monoisotopic (exact) mass is 265 g/mol. The van der Waals surface area contributed by atoms with Crippen molar-refractivity contribution in [3.8, 4) is 5.75 Å². The molecule has 0 saturated heterocycles. The molecule has 0 aliphatic rings. The van der Waals surface area contributed by atoms with Gasteiger partial charge in [-0.05, 0) is 36.5 Å². The van der Waals surface area contributed by atoms with Crippen molar-refractivity contribution in [3.63, 3.8) is 0 Å². The van der Waals surface area contributed by atoms with Crippen molar-refractivity contribution < 1.29 is 9.84 Å². The zero-order chi connectivity index (χ0) is 14.7. The van der Waals surface area contributed by atoms with E-state index >= 15 is 0 Å². The van der Waals surface area contributed by atoms with E-state index in [9.17, 15) is 5.11 Å². The van der Waals surface area contributed by atoms with Gasteiger partial charge in [0.1, 0.15) is 5.75 Å². The number of rotatable bonds is 5. The van der Waals surface area contributed by atoms with Crippen molar-refractivity contribution in [1.82, 2.24) is 5.32 Å². The summed E-state index contributed by atoms with van der Waals surface area (Å²) < 4.78 is 5.43. The Morgan fingerprint density at radius 1 is 1.16 bits per heavy atom. The fourth-order valence-corrected chi connectivity index (χ4v) is 1.85. The van der Waals surface area contributed by atoms with Gasteiger partial charge in [-0.1, -0.05) is 32.9 Å². The number of ether oxygens (including phenoxy) is 1. The third kappa shape index (κ3) is 4.51. The minimum absolute atomic E-state index is 0.0495. The average Bonchev–Trinajstić information content (AvgIpc) is 2.35. The van der Waals surface area contributed by atoms with Gasteiger partial charge in [0.2, 0.25) is 0 Å². The maximum atomic E-state index is 9.26. The molecule has 1 rings (SSSR count). The van der Waals surface area contributed by atoms with E-state index in [1.165, 1.54) is 11.1 Å². The minimum atomic E-state index is -0.262. The van der Waals surface area contributed by atoms with Gasteiger partial charge in [0, 0.05) is 12.1 Å². The number of nitrogens with one attached hydrogen (secondary N) is 1. The van der Waals surface area contributed by atoms with Gasteiger partial charge >= 0.3 is 0 Å². The van der Waals surface area contributed by atoms with Gasteiger partial charge in [-0.3, -0.25) is 0 Å². The molecule has 1 aromatic carbocycles. The van der Waals surface area contributed by atoms with Crippen LogP contribution in [0.15, 0.2) is 18.2 Å². The van der Waals surface area contributed by atoms with Crippen LogP contribution in [0.2, 0.25) is 0 Å². The summed E-state index contributed by atoms with van der Waals surface area (Å²) in [5.41, 5.74) is 2.19. The third-order valence-electron chi connectivity index (χ3n) is 3.24. The van der Waals surface area contributed by atoms with Crippen LogP contribution < -0.4 is 10.1 Å². The van der Waals surface area contributed by atoms with Crippen molar-refractivity contribution in [2.24, 2.45) is 0 Å². The molecule has 0 amide bonds. The van der Waals surface area contributed by atoms with Gasteiger partial charge in [0.25, 0.3) is 0 Å². The predicted molar refractivity (Wildman–Crippen MR) is 79.7 cm³/mol. The van der Waals surface area contributed by atoms with Crippen LogP contribution in [0, 0.1) is 0 Å². The first-order chi connectivity index (χ1) is 8.69. The molecule has 0 aliphatic heterocycles. The number of hydrogen-bond donors (Lipinski definition) is 2. The molecule has 0 radical (unpaired) electrons. The van der Waals surface area contributed by atoms with E-state index < -0.39 is 0 Å². The van der Waals surface area contributed by atoms with Gasteiger partial charge in [-0.15, -0.1) is 0 Å². The van der Waals surface area contributed by atoms with E-state index in [0.717, 1.165) is 12.3 Å². The smallest absolute Gasteiger partial charge is 0.122 e. The second-order valence-electron chi connectivity index (χ2n) is 6.68. The summed E-state index contributed by atoms with van der Waals surface area (Å²) in [6, 6.07) is 6.26. The van der Waals surface area contributed by atoms with Crippen molar-refractivity contribution >= 4 is 0 Å². The molecule has 0 unspecified atom stereocenters. The van der Waals surface area contributed by atoms with E-state index in [0.29, 0.717) is 0 Å². The van der Waals surface area contributed by atoms with Gasteiger partial charge in [-0.2, -0.15) is 0 Å². The zero-order valence-corrected chi connectivity index (χ0v) is 13.0. The predicted octanol–water partition coefficient (Wildman–Crippen LogP) is 2.85. The SMILES string of the molecule is COc1ccc(CNC(C)(C)CO)cc1C(C)(C)C. The Bertz CT molecular complexity index is 419. The highest BCUT2D eigenvalue weighted by Gasteiger charge is 2.20. The third-order valence-corrected chi connectivity index (χ3v) is 3.24. The molecule has 0 aliphatic carbocycles. The standard InChI is InChI=1S/C16H27NO2/c1-15(2,3)13-9-12(7-8-14(13)19-6)10-17-16(4,5)11-18/h7-9,17-18H,10-11H2,1-6H3. The van der Waals surface area contributed by atoms with Gasteiger partial charge in [-0.25, -0.2) is 0 Å². The Balaban J connectivity index is 2.93. The average molecular weight is 265 g/mol. The molecule has 19 heavy (non-hydrogen) atoms. The molecule has 0 fully saturated rings. The number of aliphatic hydroxyl groups excluding tert-OH is 1. The molecule has 0 atom stereocenters. The first kappa shape index (κ1) is 16.0. The Morgan fingerprint density at radius 3 is 2.26 bits per heavy atom. The maximum Gasteiger partial charge on any atom is 0.122 e. The summed E-state index contributed by atoms with van der Waals surface area (Å²) >= 11 is 0. The summed E-state index contributed by atoms with van der Waals surface area (Å²) in [6.07, 6.45) is 0. The fraction of sp³-hybridized carbons (Fsp3) is 0.625. The molecule has 3 nitrogen and oxygen atoms in total. The van der Waals surface area contributed by atoms with Crippen LogP contribution in [0.1, 0.15) is 45.7 Å². The quantitative estimate of drug-likeness (QED) is 0.860. The molecule has 1 aromatic rings. The zero-order valence-electron chi connectivity index (χ0n) is 13.0. The van der Waals surface area contributed by atoms with Gasteiger partial charge in [0.05, 0.1) is 13.7 Å². The normalized spacial score (nSPS) is 12.6. The van der Waals surface area contributed by atoms with Crippen molar-refractivity contribution in [3.05, 3.63) is 29.3 Å². The highest BCUT2D eigenvalue weighted by atomic mass is 16.5. The van der Waals surface area contributed by atoms with Crippen LogP contribution in [0.4, 0.5) is 0 Å². The molecule has 0 spiro atoms. The van der Waals surface area contributed by atoms with Crippen LogP contribution in [0.25, 0.3) is 0 Å². The Kier molecular flexibility index (Phi) is 4.99. The van der Waals surface area contributed by atoms with E-state index in [1.54, 1.807) is 7.11 Å². The summed E-state index contributed by atoms with van der Waals surface area (Å²) in [5, 5.41) is 12.6. The van der Waals surface area contributed by atoms with Crippen LogP contribution in [0.3, 0.4) is 0 Å². The number of methoxy groups -OCH3 is 1. The van der Waals surface area contributed by atoms with Crippen molar-refractivity contribution in [2.45, 2.75) is 52.1 Å². The van der Waals surface area contributed by atoms with Crippen LogP contribution >= 0.6 is 0 Å². The minimum Gasteiger partial charge on any atom is -0.496 e. The fourth-order valence-electron chi connectivity index (χ4n) is 1.85. The second kappa shape index (κ2) is 5.93. The first-order valence-corrected chi connectivity index (χ1v) is 6.73. The second-order valence-corrected chi connectivity index (χ2v) is 6.68. The highest BCUT2D eigenvalue weighted by Crippen LogP contribution is 2.32. The van der Waals surface area contributed by atoms with Crippen molar-refractivity contribution in [2.75, 3.05) is 13.7 Å². The van der Waals surface area contributed by atoms with Crippen LogP contribution in [0.5, 0.6) is 5.75 Å². The summed E-state index contributed by atoms with van der Waals surface area (Å²) in [4.78, 5) is 0. The Hall–Kier alpha value is -1.06. The molecular weight excluding hydrogens is 238 g/mol. The maximum absolute atomic E-state index is 9.26. The van der Waals surface area contributed by atoms with E-state index in [-0.39, 0.29) is 17.6 Å². The molecule has 0 saturated carbocycles. The highest BCUT2D eigenvalue weighted by molar-refractivity contribution is 5.41. The molecule has 0 heterocycles. The number of aliphatic hydroxyl groups is 1. The van der Waals surface area contributed by atoms with E-state index in [2.05, 4.69) is 38.2 Å². The Labute approximate surface area is 117 Å². The topological polar surface area (TPSA) is 41.5 Å². The molecule has 108 valence electrons. The molecule has 0 bridgehead atoms. The van der Waals surface area contributed by atoms with Gasteiger partial charge in [0.15, 0.2) is 0 Å². The van der Waals surface area contributed by atoms with Gasteiger partial charge < -0.3 is 15.2 Å². The lowest BCUT2D eigenvalue weighted by atomic mass is 9.85. The number of benzene rings is 1.